The van der Waals surface area contributed by atoms with E-state index >= 15 is 0 Å². The Morgan fingerprint density at radius 2 is 1.86 bits per heavy atom. The number of carbonyl (C=O) groups is 1. The number of aliphatic imine (C=N–C) groups is 1. The molecule has 3 fully saturated rings. The molecule has 3 heterocycles. The normalized spacial score (nSPS) is 27.5. The second-order valence-electron chi connectivity index (χ2n) is 8.61. The van der Waals surface area contributed by atoms with E-state index < -0.39 is 0 Å². The molecule has 3 aliphatic rings. The van der Waals surface area contributed by atoms with Gasteiger partial charge >= 0.3 is 0 Å². The lowest BCUT2D eigenvalue weighted by molar-refractivity contribution is -0.142. The quantitative estimate of drug-likeness (QED) is 0.565. The second kappa shape index (κ2) is 10.4. The topological polar surface area (TPSA) is 60.4 Å². The number of nitrogens with zero attached hydrogens (tertiary/aromatic N) is 4. The minimum atomic E-state index is -0.205. The van der Waals surface area contributed by atoms with Crippen molar-refractivity contribution in [3.63, 3.8) is 0 Å². The van der Waals surface area contributed by atoms with Crippen LogP contribution < -0.4 is 5.32 Å². The van der Waals surface area contributed by atoms with Crippen LogP contribution in [0.3, 0.4) is 0 Å². The maximum atomic E-state index is 12.6. The Balaban J connectivity index is 1.51. The van der Waals surface area contributed by atoms with Gasteiger partial charge in [0, 0.05) is 58.5 Å². The first-order valence-electron chi connectivity index (χ1n) is 11.3. The maximum absolute atomic E-state index is 12.6. The Labute approximate surface area is 170 Å². The van der Waals surface area contributed by atoms with Gasteiger partial charge in [-0.15, -0.1) is 0 Å². The van der Waals surface area contributed by atoms with E-state index in [0.717, 1.165) is 71.2 Å². The van der Waals surface area contributed by atoms with Crippen LogP contribution >= 0.6 is 0 Å². The molecule has 7 nitrogen and oxygen atoms in total. The molecule has 0 aromatic rings. The standard InChI is InChI=1S/C21H39N5O2/c1-4-22-21(23-15-18-7-5-9-26(16-18)17(2)3)25-12-10-24(11-13-25)20(27)19-8-6-14-28-19/h17-19H,4-16H2,1-3H3,(H,22,23). The Hall–Kier alpha value is -1.34. The third-order valence-corrected chi connectivity index (χ3v) is 6.21. The summed E-state index contributed by atoms with van der Waals surface area (Å²) in [6, 6.07) is 0.620. The number of guanidine groups is 1. The maximum Gasteiger partial charge on any atom is 0.251 e. The fraction of sp³-hybridized carbons (Fsp3) is 0.905. The predicted molar refractivity (Wildman–Crippen MR) is 113 cm³/mol. The van der Waals surface area contributed by atoms with Crippen molar-refractivity contribution < 1.29 is 9.53 Å². The van der Waals surface area contributed by atoms with Crippen molar-refractivity contribution in [1.29, 1.82) is 0 Å². The number of likely N-dealkylation sites (tertiary alicyclic amines) is 1. The molecule has 0 aromatic heterocycles. The minimum absolute atomic E-state index is 0.176. The first kappa shape index (κ1) is 21.4. The van der Waals surface area contributed by atoms with E-state index in [4.69, 9.17) is 9.73 Å². The van der Waals surface area contributed by atoms with E-state index in [2.05, 4.69) is 35.9 Å². The number of piperidine rings is 1. The summed E-state index contributed by atoms with van der Waals surface area (Å²) in [5.74, 6) is 1.83. The first-order chi connectivity index (χ1) is 13.6. The molecule has 3 rings (SSSR count). The van der Waals surface area contributed by atoms with Crippen molar-refractivity contribution in [3.05, 3.63) is 0 Å². The summed E-state index contributed by atoms with van der Waals surface area (Å²) in [7, 11) is 0. The summed E-state index contributed by atoms with van der Waals surface area (Å²) < 4.78 is 5.57. The van der Waals surface area contributed by atoms with Crippen molar-refractivity contribution in [2.75, 3.05) is 59.0 Å². The zero-order valence-corrected chi connectivity index (χ0v) is 18.0. The second-order valence-corrected chi connectivity index (χ2v) is 8.61. The number of nitrogens with one attached hydrogen (secondary N) is 1. The van der Waals surface area contributed by atoms with Crippen LogP contribution in [0.4, 0.5) is 0 Å². The molecule has 3 aliphatic heterocycles. The van der Waals surface area contributed by atoms with Gasteiger partial charge in [0.2, 0.25) is 0 Å². The van der Waals surface area contributed by atoms with Crippen LogP contribution in [-0.4, -0.2) is 97.7 Å². The van der Waals surface area contributed by atoms with Gasteiger partial charge in [0.05, 0.1) is 0 Å². The highest BCUT2D eigenvalue weighted by Gasteiger charge is 2.31. The van der Waals surface area contributed by atoms with Crippen LogP contribution in [0.15, 0.2) is 4.99 Å². The van der Waals surface area contributed by atoms with E-state index in [9.17, 15) is 4.79 Å². The van der Waals surface area contributed by atoms with Gasteiger partial charge in [0.1, 0.15) is 6.10 Å². The Kier molecular flexibility index (Phi) is 7.97. The van der Waals surface area contributed by atoms with Gasteiger partial charge < -0.3 is 24.8 Å². The summed E-state index contributed by atoms with van der Waals surface area (Å²) in [6.07, 6.45) is 4.22. The molecular formula is C21H39N5O2. The Morgan fingerprint density at radius 3 is 2.50 bits per heavy atom. The van der Waals surface area contributed by atoms with Crippen molar-refractivity contribution in [2.24, 2.45) is 10.9 Å². The number of rotatable bonds is 5. The lowest BCUT2D eigenvalue weighted by Crippen LogP contribution is -2.55. The van der Waals surface area contributed by atoms with Crippen molar-refractivity contribution in [1.82, 2.24) is 20.0 Å². The summed E-state index contributed by atoms with van der Waals surface area (Å²) >= 11 is 0. The largest absolute Gasteiger partial charge is 0.368 e. The number of amides is 1. The zero-order valence-electron chi connectivity index (χ0n) is 18.0. The molecule has 3 saturated heterocycles. The smallest absolute Gasteiger partial charge is 0.251 e. The van der Waals surface area contributed by atoms with Crippen LogP contribution in [-0.2, 0) is 9.53 Å². The molecule has 2 atom stereocenters. The molecule has 0 spiro atoms. The van der Waals surface area contributed by atoms with Crippen molar-refractivity contribution in [3.8, 4) is 0 Å². The van der Waals surface area contributed by atoms with E-state index in [-0.39, 0.29) is 12.0 Å². The number of hydrogen-bond acceptors (Lipinski definition) is 4. The fourth-order valence-corrected chi connectivity index (χ4v) is 4.47. The molecule has 0 bridgehead atoms. The van der Waals surface area contributed by atoms with Crippen LogP contribution in [0.5, 0.6) is 0 Å². The molecule has 0 saturated carbocycles. The van der Waals surface area contributed by atoms with Gasteiger partial charge in [0.15, 0.2) is 5.96 Å². The highest BCUT2D eigenvalue weighted by atomic mass is 16.5. The molecule has 7 heteroatoms. The summed E-state index contributed by atoms with van der Waals surface area (Å²) in [6.45, 7) is 14.7. The zero-order chi connectivity index (χ0) is 19.9. The molecule has 28 heavy (non-hydrogen) atoms. The molecule has 1 N–H and O–H groups in total. The van der Waals surface area contributed by atoms with Gasteiger partial charge in [0.25, 0.3) is 5.91 Å². The minimum Gasteiger partial charge on any atom is -0.368 e. The van der Waals surface area contributed by atoms with E-state index in [0.29, 0.717) is 12.0 Å². The highest BCUT2D eigenvalue weighted by molar-refractivity contribution is 5.82. The third kappa shape index (κ3) is 5.60. The first-order valence-corrected chi connectivity index (χ1v) is 11.3. The predicted octanol–water partition coefficient (Wildman–Crippen LogP) is 1.40. The number of ether oxygens (including phenoxy) is 1. The average Bonchev–Trinajstić information content (AvgIpc) is 3.26. The molecule has 0 aromatic carbocycles. The molecule has 2 unspecified atom stereocenters. The number of piperazine rings is 1. The van der Waals surface area contributed by atoms with Gasteiger partial charge in [-0.05, 0) is 58.9 Å². The third-order valence-electron chi connectivity index (χ3n) is 6.21. The number of carbonyl (C=O) groups excluding carboxylic acids is 1. The molecular weight excluding hydrogens is 354 g/mol. The lowest BCUT2D eigenvalue weighted by Gasteiger charge is -2.38. The van der Waals surface area contributed by atoms with Gasteiger partial charge in [-0.2, -0.15) is 0 Å². The van der Waals surface area contributed by atoms with Crippen LogP contribution in [0.2, 0.25) is 0 Å². The van der Waals surface area contributed by atoms with Gasteiger partial charge in [-0.1, -0.05) is 0 Å². The summed E-state index contributed by atoms with van der Waals surface area (Å²) in [4.78, 5) is 24.4. The van der Waals surface area contributed by atoms with Crippen LogP contribution in [0.1, 0.15) is 46.5 Å². The highest BCUT2D eigenvalue weighted by Crippen LogP contribution is 2.19. The fourth-order valence-electron chi connectivity index (χ4n) is 4.47. The Bertz CT molecular complexity index is 525. The van der Waals surface area contributed by atoms with E-state index in [1.54, 1.807) is 0 Å². The van der Waals surface area contributed by atoms with Crippen molar-refractivity contribution in [2.45, 2.75) is 58.6 Å². The van der Waals surface area contributed by atoms with Gasteiger partial charge in [-0.25, -0.2) is 0 Å². The molecule has 0 aliphatic carbocycles. The lowest BCUT2D eigenvalue weighted by atomic mass is 9.97. The summed E-state index contributed by atoms with van der Waals surface area (Å²) in [5.41, 5.74) is 0. The molecule has 160 valence electrons. The number of hydrogen-bond donors (Lipinski definition) is 1. The van der Waals surface area contributed by atoms with Gasteiger partial charge in [-0.3, -0.25) is 9.79 Å². The average molecular weight is 394 g/mol. The van der Waals surface area contributed by atoms with Crippen molar-refractivity contribution >= 4 is 11.9 Å². The van der Waals surface area contributed by atoms with Crippen LogP contribution in [0, 0.1) is 5.92 Å². The Morgan fingerprint density at radius 1 is 1.11 bits per heavy atom. The van der Waals surface area contributed by atoms with E-state index in [1.807, 2.05) is 4.90 Å². The van der Waals surface area contributed by atoms with E-state index in [1.165, 1.54) is 19.4 Å². The molecule has 0 radical (unpaired) electrons. The SMILES string of the molecule is CCNC(=NCC1CCCN(C(C)C)C1)N1CCN(C(=O)C2CCCO2)CC1. The monoisotopic (exact) mass is 393 g/mol. The molecule has 1 amide bonds. The van der Waals surface area contributed by atoms with Crippen LogP contribution in [0.25, 0.3) is 0 Å². The summed E-state index contributed by atoms with van der Waals surface area (Å²) in [5, 5.41) is 3.46.